The van der Waals surface area contributed by atoms with Crippen molar-refractivity contribution in [2.24, 2.45) is 0 Å². The Hall–Kier alpha value is -2.19. The Labute approximate surface area is 157 Å². The van der Waals surface area contributed by atoms with E-state index in [9.17, 15) is 10.1 Å². The number of rotatable bonds is 7. The van der Waals surface area contributed by atoms with Crippen molar-refractivity contribution < 1.29 is 4.92 Å². The van der Waals surface area contributed by atoms with E-state index in [4.69, 9.17) is 0 Å². The standard InChI is InChI=1S/C18H23N5O2S/c1-14-5-7-15(8-6-14)26-18-16(23(24)25)17(20-13-21-18)19-9-12-22-10-3-2-4-11-22/h5-8,13H,2-4,9-12H2,1H3,(H,19,20,21). The van der Waals surface area contributed by atoms with Gasteiger partial charge in [-0.1, -0.05) is 35.9 Å². The lowest BCUT2D eigenvalue weighted by Gasteiger charge is -2.26. The third-order valence-electron chi connectivity index (χ3n) is 4.38. The maximum atomic E-state index is 11.6. The molecular weight excluding hydrogens is 350 g/mol. The summed E-state index contributed by atoms with van der Waals surface area (Å²) in [4.78, 5) is 22.7. The molecule has 0 aliphatic carbocycles. The Balaban J connectivity index is 1.70. The van der Waals surface area contributed by atoms with Gasteiger partial charge in [0.1, 0.15) is 6.33 Å². The molecule has 7 nitrogen and oxygen atoms in total. The Morgan fingerprint density at radius 2 is 1.92 bits per heavy atom. The maximum Gasteiger partial charge on any atom is 0.343 e. The fraction of sp³-hybridized carbons (Fsp3) is 0.444. The number of anilines is 1. The minimum Gasteiger partial charge on any atom is -0.363 e. The number of hydrogen-bond donors (Lipinski definition) is 1. The number of hydrogen-bond acceptors (Lipinski definition) is 7. The van der Waals surface area contributed by atoms with E-state index in [-0.39, 0.29) is 11.5 Å². The number of likely N-dealkylation sites (tertiary alicyclic amines) is 1. The average Bonchev–Trinajstić information content (AvgIpc) is 2.64. The predicted octanol–water partition coefficient (Wildman–Crippen LogP) is 3.74. The summed E-state index contributed by atoms with van der Waals surface area (Å²) < 4.78 is 0. The molecule has 1 aliphatic heterocycles. The van der Waals surface area contributed by atoms with E-state index in [1.807, 2.05) is 31.2 Å². The summed E-state index contributed by atoms with van der Waals surface area (Å²) in [6.07, 6.45) is 5.13. The molecule has 0 bridgehead atoms. The zero-order valence-corrected chi connectivity index (χ0v) is 15.7. The van der Waals surface area contributed by atoms with E-state index in [1.165, 1.54) is 37.4 Å². The molecule has 0 spiro atoms. The fourth-order valence-corrected chi connectivity index (χ4v) is 3.83. The number of aryl methyl sites for hydroxylation is 1. The second-order valence-electron chi connectivity index (χ2n) is 6.38. The van der Waals surface area contributed by atoms with Crippen LogP contribution in [0, 0.1) is 17.0 Å². The highest BCUT2D eigenvalue weighted by molar-refractivity contribution is 7.99. The number of nitrogens with one attached hydrogen (secondary N) is 1. The lowest BCUT2D eigenvalue weighted by Crippen LogP contribution is -2.33. The van der Waals surface area contributed by atoms with Gasteiger partial charge in [0.15, 0.2) is 5.03 Å². The zero-order chi connectivity index (χ0) is 18.4. The van der Waals surface area contributed by atoms with E-state index in [1.54, 1.807) is 0 Å². The maximum absolute atomic E-state index is 11.6. The van der Waals surface area contributed by atoms with Gasteiger partial charge in [-0.15, -0.1) is 0 Å². The van der Waals surface area contributed by atoms with Crippen LogP contribution in [0.4, 0.5) is 11.5 Å². The lowest BCUT2D eigenvalue weighted by molar-refractivity contribution is -0.387. The lowest BCUT2D eigenvalue weighted by atomic mass is 10.1. The highest BCUT2D eigenvalue weighted by Crippen LogP contribution is 2.36. The van der Waals surface area contributed by atoms with Gasteiger partial charge in [-0.3, -0.25) is 10.1 Å². The molecule has 1 aliphatic rings. The largest absolute Gasteiger partial charge is 0.363 e. The van der Waals surface area contributed by atoms with Gasteiger partial charge < -0.3 is 10.2 Å². The van der Waals surface area contributed by atoms with Crippen LogP contribution in [0.15, 0.2) is 40.5 Å². The number of aromatic nitrogens is 2. The summed E-state index contributed by atoms with van der Waals surface area (Å²) in [5, 5.41) is 15.1. The van der Waals surface area contributed by atoms with E-state index >= 15 is 0 Å². The van der Waals surface area contributed by atoms with Crippen LogP contribution in [0.2, 0.25) is 0 Å². The van der Waals surface area contributed by atoms with Crippen molar-refractivity contribution in [1.29, 1.82) is 0 Å². The first-order valence-electron chi connectivity index (χ1n) is 8.83. The number of piperidine rings is 1. The Kier molecular flexibility index (Phi) is 6.40. The van der Waals surface area contributed by atoms with Gasteiger partial charge in [-0.05, 0) is 45.0 Å². The van der Waals surface area contributed by atoms with Gasteiger partial charge in [0.25, 0.3) is 0 Å². The van der Waals surface area contributed by atoms with Gasteiger partial charge in [-0.25, -0.2) is 9.97 Å². The van der Waals surface area contributed by atoms with Crippen LogP contribution in [-0.2, 0) is 0 Å². The number of nitro groups is 1. The molecule has 1 N–H and O–H groups in total. The smallest absolute Gasteiger partial charge is 0.343 e. The Morgan fingerprint density at radius 1 is 1.19 bits per heavy atom. The van der Waals surface area contributed by atoms with Crippen LogP contribution >= 0.6 is 11.8 Å². The molecule has 26 heavy (non-hydrogen) atoms. The average molecular weight is 373 g/mol. The van der Waals surface area contributed by atoms with Gasteiger partial charge >= 0.3 is 5.69 Å². The summed E-state index contributed by atoms with van der Waals surface area (Å²) in [6, 6.07) is 7.84. The fourth-order valence-electron chi connectivity index (χ4n) is 2.96. The SMILES string of the molecule is Cc1ccc(Sc2ncnc(NCCN3CCCCC3)c2[N+](=O)[O-])cc1. The zero-order valence-electron chi connectivity index (χ0n) is 14.9. The second kappa shape index (κ2) is 8.95. The van der Waals surface area contributed by atoms with Crippen molar-refractivity contribution in [2.45, 2.75) is 36.1 Å². The molecule has 3 rings (SSSR count). The minimum absolute atomic E-state index is 0.0586. The Bertz CT molecular complexity index is 748. The second-order valence-corrected chi connectivity index (χ2v) is 7.44. The highest BCUT2D eigenvalue weighted by atomic mass is 32.2. The molecule has 2 heterocycles. The van der Waals surface area contributed by atoms with Crippen LogP contribution in [0.5, 0.6) is 0 Å². The minimum atomic E-state index is -0.403. The van der Waals surface area contributed by atoms with Gasteiger partial charge in [0.2, 0.25) is 5.82 Å². The van der Waals surface area contributed by atoms with Gasteiger partial charge in [0.05, 0.1) is 4.92 Å². The Morgan fingerprint density at radius 3 is 2.62 bits per heavy atom. The monoisotopic (exact) mass is 373 g/mol. The normalized spacial score (nSPS) is 15.0. The molecule has 0 saturated carbocycles. The van der Waals surface area contributed by atoms with Gasteiger partial charge in [0, 0.05) is 18.0 Å². The molecule has 8 heteroatoms. The van der Waals surface area contributed by atoms with E-state index in [0.29, 0.717) is 11.6 Å². The van der Waals surface area contributed by atoms with Crippen LogP contribution in [0.1, 0.15) is 24.8 Å². The summed E-state index contributed by atoms with van der Waals surface area (Å²) in [5.74, 6) is 0.289. The molecule has 2 aromatic rings. The molecule has 1 aromatic heterocycles. The van der Waals surface area contributed by atoms with Crippen LogP contribution < -0.4 is 5.32 Å². The summed E-state index contributed by atoms with van der Waals surface area (Å²) in [5.41, 5.74) is 1.09. The molecule has 0 amide bonds. The van der Waals surface area contributed by atoms with Crippen molar-refractivity contribution in [3.63, 3.8) is 0 Å². The van der Waals surface area contributed by atoms with Crippen LogP contribution in [-0.4, -0.2) is 46.0 Å². The number of benzene rings is 1. The molecule has 138 valence electrons. The van der Waals surface area contributed by atoms with Crippen molar-refractivity contribution >= 4 is 23.3 Å². The number of nitrogens with zero attached hydrogens (tertiary/aromatic N) is 4. The molecule has 0 radical (unpaired) electrons. The van der Waals surface area contributed by atoms with Crippen molar-refractivity contribution in [2.75, 3.05) is 31.5 Å². The first-order valence-corrected chi connectivity index (χ1v) is 9.65. The molecule has 0 unspecified atom stereocenters. The molecule has 1 fully saturated rings. The highest BCUT2D eigenvalue weighted by Gasteiger charge is 2.23. The van der Waals surface area contributed by atoms with Crippen LogP contribution in [0.25, 0.3) is 0 Å². The van der Waals surface area contributed by atoms with E-state index in [0.717, 1.165) is 30.1 Å². The van der Waals surface area contributed by atoms with Crippen molar-refractivity contribution in [3.05, 3.63) is 46.3 Å². The van der Waals surface area contributed by atoms with E-state index in [2.05, 4.69) is 20.2 Å². The predicted molar refractivity (Wildman–Crippen MR) is 103 cm³/mol. The van der Waals surface area contributed by atoms with Gasteiger partial charge in [-0.2, -0.15) is 0 Å². The topological polar surface area (TPSA) is 84.2 Å². The molecule has 1 saturated heterocycles. The van der Waals surface area contributed by atoms with Crippen molar-refractivity contribution in [1.82, 2.24) is 14.9 Å². The third kappa shape index (κ3) is 4.92. The van der Waals surface area contributed by atoms with Crippen LogP contribution in [0.3, 0.4) is 0 Å². The van der Waals surface area contributed by atoms with E-state index < -0.39 is 4.92 Å². The first kappa shape index (κ1) is 18.6. The quantitative estimate of drug-likeness (QED) is 0.449. The first-order chi connectivity index (χ1) is 12.6. The van der Waals surface area contributed by atoms with Crippen molar-refractivity contribution in [3.8, 4) is 0 Å². The molecular formula is C18H23N5O2S. The third-order valence-corrected chi connectivity index (χ3v) is 5.38. The summed E-state index contributed by atoms with van der Waals surface area (Å²) in [6.45, 7) is 5.70. The molecule has 0 atom stereocenters. The summed E-state index contributed by atoms with van der Waals surface area (Å²) in [7, 11) is 0. The summed E-state index contributed by atoms with van der Waals surface area (Å²) >= 11 is 1.28. The molecule has 1 aromatic carbocycles.